The van der Waals surface area contributed by atoms with Crippen LogP contribution in [0.4, 0.5) is 0 Å². The third kappa shape index (κ3) is 3.79. The number of hydrogen-bond donors (Lipinski definition) is 0. The summed E-state index contributed by atoms with van der Waals surface area (Å²) in [7, 11) is 0. The molecule has 0 atom stereocenters. The first-order chi connectivity index (χ1) is 6.33. The van der Waals surface area contributed by atoms with Crippen molar-refractivity contribution < 1.29 is 4.74 Å². The second-order valence-electron chi connectivity index (χ2n) is 3.00. The van der Waals surface area contributed by atoms with E-state index in [1.165, 1.54) is 0 Å². The molecule has 13 heavy (non-hydrogen) atoms. The molecule has 1 aliphatic carbocycles. The Balaban J connectivity index is 2.48. The molecule has 0 saturated carbocycles. The van der Waals surface area contributed by atoms with Gasteiger partial charge < -0.3 is 4.74 Å². The van der Waals surface area contributed by atoms with Crippen LogP contribution in [0.3, 0.4) is 0 Å². The van der Waals surface area contributed by atoms with Crippen molar-refractivity contribution in [1.82, 2.24) is 0 Å². The van der Waals surface area contributed by atoms with Gasteiger partial charge in [-0.3, -0.25) is 0 Å². The number of rotatable bonds is 3. The molecule has 0 aromatic heterocycles. The van der Waals surface area contributed by atoms with Crippen LogP contribution in [0.5, 0.6) is 0 Å². The fourth-order valence-corrected chi connectivity index (χ4v) is 1.14. The predicted molar refractivity (Wildman–Crippen MR) is 56.1 cm³/mol. The van der Waals surface area contributed by atoms with Crippen molar-refractivity contribution in [3.05, 3.63) is 48.0 Å². The average molecular weight is 176 g/mol. The average Bonchev–Trinajstić information content (AvgIpc) is 2.16. The van der Waals surface area contributed by atoms with Gasteiger partial charge in [0.15, 0.2) is 0 Å². The van der Waals surface area contributed by atoms with E-state index >= 15 is 0 Å². The van der Waals surface area contributed by atoms with Gasteiger partial charge in [-0.05, 0) is 32.4 Å². The van der Waals surface area contributed by atoms with Crippen LogP contribution in [-0.4, -0.2) is 0 Å². The maximum Gasteiger partial charge on any atom is 0.104 e. The van der Waals surface area contributed by atoms with E-state index in [-0.39, 0.29) is 0 Å². The molecule has 0 amide bonds. The van der Waals surface area contributed by atoms with Gasteiger partial charge in [0.2, 0.25) is 0 Å². The van der Waals surface area contributed by atoms with Crippen LogP contribution in [0.25, 0.3) is 0 Å². The molecular weight excluding hydrogens is 160 g/mol. The molecule has 1 nitrogen and oxygen atoms in total. The maximum atomic E-state index is 5.61. The molecule has 0 N–H and O–H groups in total. The molecule has 0 spiro atoms. The molecule has 0 aromatic rings. The maximum absolute atomic E-state index is 5.61. The second-order valence-corrected chi connectivity index (χ2v) is 3.00. The van der Waals surface area contributed by atoms with Gasteiger partial charge in [-0.25, -0.2) is 0 Å². The van der Waals surface area contributed by atoms with Crippen molar-refractivity contribution in [3.63, 3.8) is 0 Å². The molecule has 0 saturated heterocycles. The Kier molecular flexibility index (Phi) is 4.10. The smallest absolute Gasteiger partial charge is 0.104 e. The lowest BCUT2D eigenvalue weighted by molar-refractivity contribution is 0.292. The number of hydrogen-bond acceptors (Lipinski definition) is 1. The second kappa shape index (κ2) is 5.41. The van der Waals surface area contributed by atoms with Gasteiger partial charge in [0.1, 0.15) is 11.5 Å². The molecule has 0 aliphatic heterocycles. The van der Waals surface area contributed by atoms with Gasteiger partial charge in [0.25, 0.3) is 0 Å². The SMILES string of the molecule is C/C=C\C=C(/C)OC1=CC=CCC1. The highest BCUT2D eigenvalue weighted by Gasteiger charge is 2.00. The standard InChI is InChI=1S/C12H16O/c1-3-4-8-11(2)13-12-9-6-5-7-10-12/h3-6,8-9H,7,10H2,1-2H3/b4-3-,11-8+. The Morgan fingerprint density at radius 2 is 2.38 bits per heavy atom. The fourth-order valence-electron chi connectivity index (χ4n) is 1.14. The van der Waals surface area contributed by atoms with Gasteiger partial charge in [0.05, 0.1) is 0 Å². The van der Waals surface area contributed by atoms with E-state index in [0.29, 0.717) is 0 Å². The van der Waals surface area contributed by atoms with Crippen molar-refractivity contribution >= 4 is 0 Å². The highest BCUT2D eigenvalue weighted by atomic mass is 16.5. The van der Waals surface area contributed by atoms with E-state index in [2.05, 4.69) is 6.08 Å². The minimum Gasteiger partial charge on any atom is -0.466 e. The molecule has 1 aliphatic rings. The molecule has 0 fully saturated rings. The zero-order chi connectivity index (χ0) is 9.52. The quantitative estimate of drug-likeness (QED) is 0.470. The molecule has 1 heteroatoms. The summed E-state index contributed by atoms with van der Waals surface area (Å²) in [5, 5.41) is 0. The number of allylic oxidation sites excluding steroid dienone is 8. The Hall–Kier alpha value is -1.24. The predicted octanol–water partition coefficient (Wildman–Crippen LogP) is 3.72. The van der Waals surface area contributed by atoms with Gasteiger partial charge in [0, 0.05) is 6.42 Å². The Morgan fingerprint density at radius 1 is 1.54 bits per heavy atom. The summed E-state index contributed by atoms with van der Waals surface area (Å²) in [6, 6.07) is 0. The number of ether oxygens (including phenoxy) is 1. The zero-order valence-corrected chi connectivity index (χ0v) is 8.29. The largest absolute Gasteiger partial charge is 0.466 e. The van der Waals surface area contributed by atoms with Crippen molar-refractivity contribution in [2.45, 2.75) is 26.7 Å². The molecule has 0 aromatic carbocycles. The molecule has 0 radical (unpaired) electrons. The third-order valence-corrected chi connectivity index (χ3v) is 1.79. The van der Waals surface area contributed by atoms with Gasteiger partial charge >= 0.3 is 0 Å². The Bertz CT molecular complexity index is 267. The van der Waals surface area contributed by atoms with Gasteiger partial charge in [-0.2, -0.15) is 0 Å². The lowest BCUT2D eigenvalue weighted by Gasteiger charge is -2.10. The topological polar surface area (TPSA) is 9.23 Å². The highest BCUT2D eigenvalue weighted by Crippen LogP contribution is 2.16. The molecule has 70 valence electrons. The zero-order valence-electron chi connectivity index (χ0n) is 8.29. The minimum atomic E-state index is 0.944. The summed E-state index contributed by atoms with van der Waals surface area (Å²) in [4.78, 5) is 0. The first-order valence-corrected chi connectivity index (χ1v) is 4.66. The van der Waals surface area contributed by atoms with Crippen LogP contribution in [0, 0.1) is 0 Å². The van der Waals surface area contributed by atoms with Gasteiger partial charge in [-0.1, -0.05) is 24.3 Å². The van der Waals surface area contributed by atoms with Crippen LogP contribution >= 0.6 is 0 Å². The molecule has 0 unspecified atom stereocenters. The molecule has 1 rings (SSSR count). The fraction of sp³-hybridized carbons (Fsp3) is 0.333. The summed E-state index contributed by atoms with van der Waals surface area (Å²) in [6.45, 7) is 3.96. The highest BCUT2D eigenvalue weighted by molar-refractivity contribution is 5.15. The van der Waals surface area contributed by atoms with Crippen LogP contribution < -0.4 is 0 Å². The first kappa shape index (κ1) is 9.85. The van der Waals surface area contributed by atoms with E-state index in [0.717, 1.165) is 24.4 Å². The van der Waals surface area contributed by atoms with Crippen molar-refractivity contribution in [2.24, 2.45) is 0 Å². The monoisotopic (exact) mass is 176 g/mol. The Labute approximate surface area is 80.1 Å². The van der Waals surface area contributed by atoms with E-state index in [1.807, 2.05) is 44.2 Å². The van der Waals surface area contributed by atoms with Crippen molar-refractivity contribution in [1.29, 1.82) is 0 Å². The summed E-state index contributed by atoms with van der Waals surface area (Å²) < 4.78 is 5.61. The summed E-state index contributed by atoms with van der Waals surface area (Å²) in [6.07, 6.45) is 14.3. The van der Waals surface area contributed by atoms with Crippen molar-refractivity contribution in [3.8, 4) is 0 Å². The van der Waals surface area contributed by atoms with E-state index in [1.54, 1.807) is 0 Å². The molecule has 0 heterocycles. The van der Waals surface area contributed by atoms with Crippen LogP contribution in [0.2, 0.25) is 0 Å². The van der Waals surface area contributed by atoms with Crippen LogP contribution in [0.1, 0.15) is 26.7 Å². The minimum absolute atomic E-state index is 0.944. The summed E-state index contributed by atoms with van der Waals surface area (Å²) >= 11 is 0. The summed E-state index contributed by atoms with van der Waals surface area (Å²) in [5.74, 6) is 2.00. The van der Waals surface area contributed by atoms with E-state index in [4.69, 9.17) is 4.74 Å². The third-order valence-electron chi connectivity index (χ3n) is 1.79. The van der Waals surface area contributed by atoms with E-state index < -0.39 is 0 Å². The summed E-state index contributed by atoms with van der Waals surface area (Å²) in [5.41, 5.74) is 0. The molecular formula is C12H16O. The van der Waals surface area contributed by atoms with Crippen molar-refractivity contribution in [2.75, 3.05) is 0 Å². The van der Waals surface area contributed by atoms with Crippen LogP contribution in [0.15, 0.2) is 48.0 Å². The first-order valence-electron chi connectivity index (χ1n) is 4.66. The normalized spacial score (nSPS) is 17.7. The van der Waals surface area contributed by atoms with Crippen LogP contribution in [-0.2, 0) is 4.74 Å². The molecule has 0 bridgehead atoms. The lowest BCUT2D eigenvalue weighted by atomic mass is 10.2. The lowest BCUT2D eigenvalue weighted by Crippen LogP contribution is -1.92. The Morgan fingerprint density at radius 3 is 3.00 bits per heavy atom. The van der Waals surface area contributed by atoms with Gasteiger partial charge in [-0.15, -0.1) is 0 Å². The van der Waals surface area contributed by atoms with E-state index in [9.17, 15) is 0 Å².